The van der Waals surface area contributed by atoms with Crippen LogP contribution in [0.2, 0.25) is 5.02 Å². The number of carbonyl (C=O) groups excluding carboxylic acids is 1. The molecule has 0 bridgehead atoms. The number of hydrogen-bond acceptors (Lipinski definition) is 5. The van der Waals surface area contributed by atoms with Gasteiger partial charge < -0.3 is 4.57 Å². The molecule has 3 rings (SSSR count). The molecule has 0 unspecified atom stereocenters. The lowest BCUT2D eigenvalue weighted by molar-refractivity contribution is 0.102. The highest BCUT2D eigenvalue weighted by Gasteiger charge is 2.18. The zero-order chi connectivity index (χ0) is 17.3. The monoisotopic (exact) mass is 381 g/mol. The molecule has 0 radical (unpaired) electrons. The van der Waals surface area contributed by atoms with Crippen molar-refractivity contribution in [1.82, 2.24) is 14.8 Å². The van der Waals surface area contributed by atoms with Gasteiger partial charge in [-0.1, -0.05) is 34.7 Å². The predicted octanol–water partition coefficient (Wildman–Crippen LogP) is 4.71. The molecule has 0 fully saturated rings. The molecule has 0 N–H and O–H groups in total. The fourth-order valence-corrected chi connectivity index (χ4v) is 4.04. The number of aromatic nitrogens is 3. The van der Waals surface area contributed by atoms with Crippen LogP contribution in [0.5, 0.6) is 0 Å². The number of nitrogens with zero attached hydrogens (tertiary/aromatic N) is 3. The Morgan fingerprint density at radius 3 is 2.83 bits per heavy atom. The summed E-state index contributed by atoms with van der Waals surface area (Å²) in [5.74, 6) is -0.153. The van der Waals surface area contributed by atoms with Gasteiger partial charge in [0.15, 0.2) is 10.1 Å². The second-order valence-electron chi connectivity index (χ2n) is 5.14. The largest absolute Gasteiger partial charge is 0.318 e. The average Bonchev–Trinajstić information content (AvgIpc) is 3.16. The first kappa shape index (κ1) is 17.1. The van der Waals surface area contributed by atoms with Crippen molar-refractivity contribution in [1.29, 1.82) is 0 Å². The van der Waals surface area contributed by atoms with Crippen LogP contribution in [0.3, 0.4) is 0 Å². The van der Waals surface area contributed by atoms with Gasteiger partial charge in [0.1, 0.15) is 11.3 Å². The maximum atomic E-state index is 13.4. The number of hydrogen-bond donors (Lipinski definition) is 0. The predicted molar refractivity (Wildman–Crippen MR) is 95.2 cm³/mol. The van der Waals surface area contributed by atoms with E-state index in [1.165, 1.54) is 29.2 Å². The smallest absolute Gasteiger partial charge is 0.174 e. The van der Waals surface area contributed by atoms with Crippen molar-refractivity contribution in [3.8, 4) is 5.69 Å². The number of aryl methyl sites for hydroxylation is 1. The molecule has 3 aromatic rings. The second-order valence-corrected chi connectivity index (χ2v) is 7.60. The molecule has 0 aliphatic heterocycles. The Kier molecular flexibility index (Phi) is 5.03. The van der Waals surface area contributed by atoms with Gasteiger partial charge >= 0.3 is 0 Å². The maximum Gasteiger partial charge on any atom is 0.174 e. The van der Waals surface area contributed by atoms with E-state index in [1.54, 1.807) is 17.6 Å². The first-order chi connectivity index (χ1) is 11.5. The zero-order valence-electron chi connectivity index (χ0n) is 12.9. The first-order valence-corrected chi connectivity index (χ1v) is 9.28. The second kappa shape index (κ2) is 7.04. The van der Waals surface area contributed by atoms with Crippen molar-refractivity contribution in [2.75, 3.05) is 5.75 Å². The van der Waals surface area contributed by atoms with Crippen molar-refractivity contribution in [2.45, 2.75) is 18.2 Å². The fourth-order valence-electron chi connectivity index (χ4n) is 2.50. The topological polar surface area (TPSA) is 47.8 Å². The summed E-state index contributed by atoms with van der Waals surface area (Å²) in [6.45, 7) is 3.77. The van der Waals surface area contributed by atoms with Crippen LogP contribution in [0.1, 0.15) is 21.7 Å². The summed E-state index contributed by atoms with van der Waals surface area (Å²) < 4.78 is 16.0. The Morgan fingerprint density at radius 1 is 1.38 bits per heavy atom. The van der Waals surface area contributed by atoms with E-state index in [0.717, 1.165) is 21.4 Å². The highest BCUT2D eigenvalue weighted by Crippen LogP contribution is 2.26. The third-order valence-corrected chi connectivity index (χ3v) is 5.71. The maximum absolute atomic E-state index is 13.4. The normalized spacial score (nSPS) is 11.0. The van der Waals surface area contributed by atoms with E-state index in [9.17, 15) is 9.18 Å². The van der Waals surface area contributed by atoms with Crippen LogP contribution in [-0.2, 0) is 0 Å². The van der Waals surface area contributed by atoms with Crippen molar-refractivity contribution in [3.63, 3.8) is 0 Å². The molecule has 0 atom stereocenters. The lowest BCUT2D eigenvalue weighted by Gasteiger charge is -2.10. The summed E-state index contributed by atoms with van der Waals surface area (Å²) >= 11 is 8.65. The van der Waals surface area contributed by atoms with Gasteiger partial charge in [-0.15, -0.1) is 10.2 Å². The Morgan fingerprint density at radius 2 is 2.17 bits per heavy atom. The minimum Gasteiger partial charge on any atom is -0.318 e. The van der Waals surface area contributed by atoms with Crippen LogP contribution in [0.4, 0.5) is 4.39 Å². The number of Topliss-reactive ketones (excluding diaryl/α,β-unsaturated/α-hetero) is 1. The standard InChI is InChI=1S/C16H13ClFN3OS2/c1-9-5-12(15(22)7-23-16-20-19-8-24-16)10(2)21(9)11-3-4-14(18)13(17)6-11/h3-6,8H,7H2,1-2H3. The summed E-state index contributed by atoms with van der Waals surface area (Å²) in [4.78, 5) is 12.5. The molecule has 0 spiro atoms. The Labute approximate surface area is 151 Å². The lowest BCUT2D eigenvalue weighted by atomic mass is 10.2. The van der Waals surface area contributed by atoms with Crippen LogP contribution in [0.25, 0.3) is 5.69 Å². The van der Waals surface area contributed by atoms with E-state index in [2.05, 4.69) is 10.2 Å². The van der Waals surface area contributed by atoms with Gasteiger partial charge in [-0.3, -0.25) is 4.79 Å². The quantitative estimate of drug-likeness (QED) is 0.474. The van der Waals surface area contributed by atoms with Crippen LogP contribution < -0.4 is 0 Å². The number of thioether (sulfide) groups is 1. The minimum absolute atomic E-state index is 0.0164. The molecular weight excluding hydrogens is 369 g/mol. The van der Waals surface area contributed by atoms with Crippen molar-refractivity contribution in [3.05, 3.63) is 57.6 Å². The van der Waals surface area contributed by atoms with Gasteiger partial charge in [0.05, 0.1) is 10.8 Å². The molecule has 0 aliphatic carbocycles. The van der Waals surface area contributed by atoms with Gasteiger partial charge in [0, 0.05) is 22.6 Å². The highest BCUT2D eigenvalue weighted by molar-refractivity contribution is 8.01. The van der Waals surface area contributed by atoms with Gasteiger partial charge in [-0.25, -0.2) is 4.39 Å². The Bertz CT molecular complexity index is 893. The number of ketones is 1. The number of carbonyl (C=O) groups is 1. The highest BCUT2D eigenvalue weighted by atomic mass is 35.5. The minimum atomic E-state index is -0.465. The van der Waals surface area contributed by atoms with Gasteiger partial charge in [-0.05, 0) is 38.1 Å². The van der Waals surface area contributed by atoms with E-state index in [4.69, 9.17) is 11.6 Å². The van der Waals surface area contributed by atoms with Crippen molar-refractivity contribution >= 4 is 40.5 Å². The van der Waals surface area contributed by atoms with E-state index in [0.29, 0.717) is 11.3 Å². The van der Waals surface area contributed by atoms with Gasteiger partial charge in [0.2, 0.25) is 0 Å². The Hall–Kier alpha value is -1.70. The zero-order valence-corrected chi connectivity index (χ0v) is 15.3. The first-order valence-electron chi connectivity index (χ1n) is 7.04. The molecule has 0 saturated heterocycles. The number of benzene rings is 1. The van der Waals surface area contributed by atoms with E-state index < -0.39 is 5.82 Å². The summed E-state index contributed by atoms with van der Waals surface area (Å²) in [5.41, 5.74) is 4.70. The van der Waals surface area contributed by atoms with Gasteiger partial charge in [0.25, 0.3) is 0 Å². The van der Waals surface area contributed by atoms with E-state index in [-0.39, 0.29) is 10.8 Å². The molecule has 0 aliphatic rings. The average molecular weight is 382 g/mol. The fraction of sp³-hybridized carbons (Fsp3) is 0.188. The summed E-state index contributed by atoms with van der Waals surface area (Å²) in [6.07, 6.45) is 0. The summed E-state index contributed by atoms with van der Waals surface area (Å²) in [6, 6.07) is 6.37. The van der Waals surface area contributed by atoms with Gasteiger partial charge in [-0.2, -0.15) is 0 Å². The molecule has 8 heteroatoms. The van der Waals surface area contributed by atoms with E-state index in [1.807, 2.05) is 24.5 Å². The van der Waals surface area contributed by atoms with E-state index >= 15 is 0 Å². The SMILES string of the molecule is Cc1cc(C(=O)CSc2nncs2)c(C)n1-c1ccc(F)c(Cl)c1. The van der Waals surface area contributed by atoms with Crippen molar-refractivity contribution in [2.24, 2.45) is 0 Å². The molecule has 1 aromatic carbocycles. The molecule has 2 aromatic heterocycles. The third kappa shape index (κ3) is 3.38. The van der Waals surface area contributed by atoms with Crippen LogP contribution in [-0.4, -0.2) is 26.3 Å². The number of rotatable bonds is 5. The van der Waals surface area contributed by atoms with Crippen LogP contribution in [0.15, 0.2) is 34.1 Å². The molecular formula is C16H13ClFN3OS2. The third-order valence-electron chi connectivity index (χ3n) is 3.56. The summed E-state index contributed by atoms with van der Waals surface area (Å²) in [7, 11) is 0. The molecule has 124 valence electrons. The van der Waals surface area contributed by atoms with Crippen LogP contribution in [0, 0.1) is 19.7 Å². The van der Waals surface area contributed by atoms with Crippen molar-refractivity contribution < 1.29 is 9.18 Å². The lowest BCUT2D eigenvalue weighted by Crippen LogP contribution is -2.05. The molecule has 2 heterocycles. The molecule has 4 nitrogen and oxygen atoms in total. The van der Waals surface area contributed by atoms with Crippen LogP contribution >= 0.6 is 34.7 Å². The Balaban J connectivity index is 1.88. The molecule has 0 saturated carbocycles. The number of halogens is 2. The summed E-state index contributed by atoms with van der Waals surface area (Å²) in [5, 5.41) is 7.72. The molecule has 0 amide bonds. The molecule has 24 heavy (non-hydrogen) atoms.